The van der Waals surface area contributed by atoms with Gasteiger partial charge in [0.15, 0.2) is 0 Å². The lowest BCUT2D eigenvalue weighted by molar-refractivity contribution is -0.132. The largest absolute Gasteiger partial charge is 0.393 e. The molecule has 0 aromatic carbocycles. The van der Waals surface area contributed by atoms with E-state index < -0.39 is 0 Å². The molecule has 1 aliphatic rings. The van der Waals surface area contributed by atoms with Gasteiger partial charge in [-0.15, -0.1) is 0 Å². The van der Waals surface area contributed by atoms with Crippen LogP contribution in [0.15, 0.2) is 24.5 Å². The molecule has 1 atom stereocenters. The van der Waals surface area contributed by atoms with Crippen LogP contribution in [-0.2, 0) is 11.2 Å². The molecule has 1 amide bonds. The smallest absolute Gasteiger partial charge is 0.222 e. The number of aliphatic hydroxyl groups excluding tert-OH is 1. The van der Waals surface area contributed by atoms with Crippen LogP contribution < -0.4 is 0 Å². The molecule has 1 fully saturated rings. The standard InChI is InChI=1S/C16H24N2O2/c1-16(2)11-14(19)7-10-18(12-16)15(20)4-3-13-5-8-17-9-6-13/h5-6,8-9,14,19H,3-4,7,10-12H2,1-2H3/t14-/m1/s1. The predicted octanol–water partition coefficient (Wildman–Crippen LogP) is 2.02. The average molecular weight is 276 g/mol. The van der Waals surface area contributed by atoms with Crippen LogP contribution in [0.3, 0.4) is 0 Å². The molecule has 2 rings (SSSR count). The zero-order valence-electron chi connectivity index (χ0n) is 12.4. The van der Waals surface area contributed by atoms with Crippen molar-refractivity contribution in [3.8, 4) is 0 Å². The average Bonchev–Trinajstić information content (AvgIpc) is 2.54. The Hall–Kier alpha value is -1.42. The highest BCUT2D eigenvalue weighted by Crippen LogP contribution is 2.28. The molecule has 20 heavy (non-hydrogen) atoms. The Morgan fingerprint density at radius 1 is 1.45 bits per heavy atom. The van der Waals surface area contributed by atoms with Gasteiger partial charge in [-0.25, -0.2) is 0 Å². The molecule has 1 N–H and O–H groups in total. The summed E-state index contributed by atoms with van der Waals surface area (Å²) in [5.74, 6) is 0.184. The van der Waals surface area contributed by atoms with E-state index in [9.17, 15) is 9.90 Å². The van der Waals surface area contributed by atoms with Crippen molar-refractivity contribution in [2.24, 2.45) is 5.41 Å². The molecular weight excluding hydrogens is 252 g/mol. The van der Waals surface area contributed by atoms with Crippen LogP contribution >= 0.6 is 0 Å². The molecule has 4 heteroatoms. The van der Waals surface area contributed by atoms with Crippen molar-refractivity contribution in [3.63, 3.8) is 0 Å². The zero-order chi connectivity index (χ0) is 14.6. The molecule has 1 aliphatic heterocycles. The van der Waals surface area contributed by atoms with Crippen LogP contribution in [0.2, 0.25) is 0 Å². The first-order valence-corrected chi connectivity index (χ1v) is 7.31. The van der Waals surface area contributed by atoms with E-state index in [2.05, 4.69) is 18.8 Å². The Labute approximate surface area is 120 Å². The van der Waals surface area contributed by atoms with Crippen LogP contribution in [0.1, 0.15) is 38.7 Å². The van der Waals surface area contributed by atoms with Crippen molar-refractivity contribution in [3.05, 3.63) is 30.1 Å². The van der Waals surface area contributed by atoms with Crippen molar-refractivity contribution in [2.45, 2.75) is 45.6 Å². The highest BCUT2D eigenvalue weighted by molar-refractivity contribution is 5.76. The number of carbonyl (C=O) groups is 1. The number of likely N-dealkylation sites (tertiary alicyclic amines) is 1. The number of aliphatic hydroxyl groups is 1. The number of carbonyl (C=O) groups excluding carboxylic acids is 1. The molecule has 2 heterocycles. The maximum absolute atomic E-state index is 12.3. The number of rotatable bonds is 3. The molecule has 1 aromatic rings. The van der Waals surface area contributed by atoms with Gasteiger partial charge in [-0.3, -0.25) is 9.78 Å². The molecule has 0 saturated carbocycles. The minimum atomic E-state index is -0.289. The Morgan fingerprint density at radius 2 is 2.15 bits per heavy atom. The predicted molar refractivity (Wildman–Crippen MR) is 78.2 cm³/mol. The van der Waals surface area contributed by atoms with E-state index in [1.165, 1.54) is 0 Å². The molecule has 0 radical (unpaired) electrons. The number of amides is 1. The van der Waals surface area contributed by atoms with Gasteiger partial charge in [0.05, 0.1) is 6.10 Å². The van der Waals surface area contributed by atoms with Gasteiger partial charge >= 0.3 is 0 Å². The number of aromatic nitrogens is 1. The van der Waals surface area contributed by atoms with Gasteiger partial charge in [0.25, 0.3) is 0 Å². The lowest BCUT2D eigenvalue weighted by Crippen LogP contribution is -2.37. The Balaban J connectivity index is 1.91. The first-order chi connectivity index (χ1) is 9.46. The molecule has 0 unspecified atom stereocenters. The summed E-state index contributed by atoms with van der Waals surface area (Å²) in [5, 5.41) is 9.89. The maximum atomic E-state index is 12.3. The Bertz CT molecular complexity index is 445. The summed E-state index contributed by atoms with van der Waals surface area (Å²) in [6, 6.07) is 3.90. The van der Waals surface area contributed by atoms with Crippen molar-refractivity contribution >= 4 is 5.91 Å². The fourth-order valence-electron chi connectivity index (χ4n) is 2.88. The van der Waals surface area contributed by atoms with E-state index >= 15 is 0 Å². The quantitative estimate of drug-likeness (QED) is 0.919. The Kier molecular flexibility index (Phi) is 4.76. The first kappa shape index (κ1) is 15.0. The topological polar surface area (TPSA) is 53.4 Å². The van der Waals surface area contributed by atoms with E-state index in [0.717, 1.165) is 24.9 Å². The summed E-state index contributed by atoms with van der Waals surface area (Å²) < 4.78 is 0. The molecule has 110 valence electrons. The summed E-state index contributed by atoms with van der Waals surface area (Å²) in [6.45, 7) is 5.63. The number of hydrogen-bond donors (Lipinski definition) is 1. The van der Waals surface area contributed by atoms with Gasteiger partial charge < -0.3 is 10.0 Å². The second-order valence-electron chi connectivity index (χ2n) is 6.48. The van der Waals surface area contributed by atoms with Gasteiger partial charge in [-0.1, -0.05) is 13.8 Å². The number of nitrogens with zero attached hydrogens (tertiary/aromatic N) is 2. The third-order valence-corrected chi connectivity index (χ3v) is 3.87. The van der Waals surface area contributed by atoms with Crippen LogP contribution in [0.4, 0.5) is 0 Å². The van der Waals surface area contributed by atoms with Crippen molar-refractivity contribution < 1.29 is 9.90 Å². The maximum Gasteiger partial charge on any atom is 0.222 e. The third-order valence-electron chi connectivity index (χ3n) is 3.87. The second-order valence-corrected chi connectivity index (χ2v) is 6.48. The number of aryl methyl sites for hydroxylation is 1. The van der Waals surface area contributed by atoms with Crippen LogP contribution in [0.5, 0.6) is 0 Å². The fourth-order valence-corrected chi connectivity index (χ4v) is 2.88. The monoisotopic (exact) mass is 276 g/mol. The summed E-state index contributed by atoms with van der Waals surface area (Å²) in [4.78, 5) is 18.2. The normalized spacial score (nSPS) is 22.4. The minimum absolute atomic E-state index is 0.0117. The molecule has 1 aromatic heterocycles. The molecule has 1 saturated heterocycles. The summed E-state index contributed by atoms with van der Waals surface area (Å²) >= 11 is 0. The van der Waals surface area contributed by atoms with Crippen LogP contribution in [0, 0.1) is 5.41 Å². The van der Waals surface area contributed by atoms with Crippen molar-refractivity contribution in [1.82, 2.24) is 9.88 Å². The summed E-state index contributed by atoms with van der Waals surface area (Å²) in [7, 11) is 0. The van der Waals surface area contributed by atoms with Crippen molar-refractivity contribution in [2.75, 3.05) is 13.1 Å². The minimum Gasteiger partial charge on any atom is -0.393 e. The molecule has 0 aliphatic carbocycles. The third kappa shape index (κ3) is 4.30. The van der Waals surface area contributed by atoms with Gasteiger partial charge in [0.2, 0.25) is 5.91 Å². The van der Waals surface area contributed by atoms with E-state index in [-0.39, 0.29) is 17.4 Å². The lowest BCUT2D eigenvalue weighted by atomic mass is 9.87. The first-order valence-electron chi connectivity index (χ1n) is 7.31. The van der Waals surface area contributed by atoms with Crippen LogP contribution in [0.25, 0.3) is 0 Å². The van der Waals surface area contributed by atoms with Crippen LogP contribution in [-0.4, -0.2) is 40.1 Å². The molecule has 0 bridgehead atoms. The van der Waals surface area contributed by atoms with E-state index in [4.69, 9.17) is 0 Å². The lowest BCUT2D eigenvalue weighted by Gasteiger charge is -2.29. The number of pyridine rings is 1. The highest BCUT2D eigenvalue weighted by atomic mass is 16.3. The summed E-state index contributed by atoms with van der Waals surface area (Å²) in [6.07, 6.45) is 5.95. The van der Waals surface area contributed by atoms with Gasteiger partial charge in [0, 0.05) is 31.9 Å². The molecule has 0 spiro atoms. The SMILES string of the molecule is CC1(C)C[C@H](O)CCN(C(=O)CCc2ccncc2)C1. The van der Waals surface area contributed by atoms with E-state index in [0.29, 0.717) is 19.4 Å². The second kappa shape index (κ2) is 6.35. The molecule has 4 nitrogen and oxygen atoms in total. The number of hydrogen-bond acceptors (Lipinski definition) is 3. The zero-order valence-corrected chi connectivity index (χ0v) is 12.4. The van der Waals surface area contributed by atoms with E-state index in [1.54, 1.807) is 12.4 Å². The molecular formula is C16H24N2O2. The van der Waals surface area contributed by atoms with E-state index in [1.807, 2.05) is 17.0 Å². The summed E-state index contributed by atoms with van der Waals surface area (Å²) in [5.41, 5.74) is 1.13. The van der Waals surface area contributed by atoms with Gasteiger partial charge in [-0.05, 0) is 42.4 Å². The highest BCUT2D eigenvalue weighted by Gasteiger charge is 2.30. The van der Waals surface area contributed by atoms with Crippen molar-refractivity contribution in [1.29, 1.82) is 0 Å². The van der Waals surface area contributed by atoms with Gasteiger partial charge in [0.1, 0.15) is 0 Å². The van der Waals surface area contributed by atoms with Gasteiger partial charge in [-0.2, -0.15) is 0 Å². The Morgan fingerprint density at radius 3 is 2.85 bits per heavy atom. The fraction of sp³-hybridized carbons (Fsp3) is 0.625.